The van der Waals surface area contributed by atoms with Gasteiger partial charge in [0.05, 0.1) is 7.11 Å². The second-order valence-corrected chi connectivity index (χ2v) is 4.35. The fourth-order valence-electron chi connectivity index (χ4n) is 1.38. The highest BCUT2D eigenvalue weighted by molar-refractivity contribution is 7.13. The number of aryl methyl sites for hydroxylation is 1. The number of hydrogen-bond donors (Lipinski definition) is 0. The highest BCUT2D eigenvalue weighted by atomic mass is 32.1. The Morgan fingerprint density at radius 2 is 2.24 bits per heavy atom. The molecule has 0 fully saturated rings. The normalized spacial score (nSPS) is 10.3. The SMILES string of the molecule is COC(=O)c1csc(-c2ccc(F)c(C)c2)n1. The average molecular weight is 251 g/mol. The maximum atomic E-state index is 13.1. The van der Waals surface area contributed by atoms with E-state index < -0.39 is 5.97 Å². The van der Waals surface area contributed by atoms with Gasteiger partial charge in [-0.05, 0) is 30.7 Å². The zero-order valence-corrected chi connectivity index (χ0v) is 10.2. The number of aromatic nitrogens is 1. The fraction of sp³-hybridized carbons (Fsp3) is 0.167. The van der Waals surface area contributed by atoms with Crippen molar-refractivity contribution in [3.05, 3.63) is 40.7 Å². The van der Waals surface area contributed by atoms with E-state index in [0.29, 0.717) is 10.6 Å². The minimum Gasteiger partial charge on any atom is -0.464 e. The van der Waals surface area contributed by atoms with Crippen LogP contribution in [0.4, 0.5) is 4.39 Å². The predicted molar refractivity (Wildman–Crippen MR) is 63.6 cm³/mol. The van der Waals surface area contributed by atoms with Gasteiger partial charge in [0.2, 0.25) is 0 Å². The van der Waals surface area contributed by atoms with Crippen molar-refractivity contribution in [1.29, 1.82) is 0 Å². The molecule has 2 rings (SSSR count). The van der Waals surface area contributed by atoms with Gasteiger partial charge in [-0.2, -0.15) is 0 Å². The minimum absolute atomic E-state index is 0.251. The molecule has 5 heteroatoms. The van der Waals surface area contributed by atoms with Gasteiger partial charge in [0.15, 0.2) is 5.69 Å². The van der Waals surface area contributed by atoms with E-state index in [1.807, 2.05) is 0 Å². The zero-order chi connectivity index (χ0) is 12.4. The summed E-state index contributed by atoms with van der Waals surface area (Å²) in [5.74, 6) is -0.718. The van der Waals surface area contributed by atoms with Crippen LogP contribution in [-0.4, -0.2) is 18.1 Å². The van der Waals surface area contributed by atoms with Gasteiger partial charge < -0.3 is 4.74 Å². The lowest BCUT2D eigenvalue weighted by molar-refractivity contribution is 0.0595. The van der Waals surface area contributed by atoms with Crippen LogP contribution in [-0.2, 0) is 4.74 Å². The second kappa shape index (κ2) is 4.63. The van der Waals surface area contributed by atoms with Crippen LogP contribution < -0.4 is 0 Å². The van der Waals surface area contributed by atoms with Crippen LogP contribution in [0, 0.1) is 12.7 Å². The number of benzene rings is 1. The molecule has 0 aliphatic carbocycles. The molecule has 2 aromatic rings. The van der Waals surface area contributed by atoms with E-state index in [-0.39, 0.29) is 11.5 Å². The predicted octanol–water partition coefficient (Wildman–Crippen LogP) is 3.04. The van der Waals surface area contributed by atoms with Crippen LogP contribution in [0.5, 0.6) is 0 Å². The third-order valence-corrected chi connectivity index (χ3v) is 3.19. The molecule has 88 valence electrons. The molecule has 0 amide bonds. The molecule has 0 aliphatic rings. The Balaban J connectivity index is 2.37. The summed E-state index contributed by atoms with van der Waals surface area (Å²) >= 11 is 1.33. The largest absolute Gasteiger partial charge is 0.464 e. The van der Waals surface area contributed by atoms with Crippen molar-refractivity contribution in [2.24, 2.45) is 0 Å². The fourth-order valence-corrected chi connectivity index (χ4v) is 2.17. The number of rotatable bonds is 2. The van der Waals surface area contributed by atoms with Crippen molar-refractivity contribution in [2.75, 3.05) is 7.11 Å². The summed E-state index contributed by atoms with van der Waals surface area (Å²) in [5.41, 5.74) is 1.62. The zero-order valence-electron chi connectivity index (χ0n) is 9.36. The number of methoxy groups -OCH3 is 1. The molecule has 0 aliphatic heterocycles. The van der Waals surface area contributed by atoms with Crippen molar-refractivity contribution < 1.29 is 13.9 Å². The summed E-state index contributed by atoms with van der Waals surface area (Å²) in [4.78, 5) is 15.4. The van der Waals surface area contributed by atoms with Crippen LogP contribution in [0.1, 0.15) is 16.1 Å². The molecular weight excluding hydrogens is 241 g/mol. The van der Waals surface area contributed by atoms with Crippen molar-refractivity contribution in [2.45, 2.75) is 6.92 Å². The van der Waals surface area contributed by atoms with Crippen molar-refractivity contribution in [3.8, 4) is 10.6 Å². The molecule has 0 spiro atoms. The molecule has 0 radical (unpaired) electrons. The number of nitrogens with zero attached hydrogens (tertiary/aromatic N) is 1. The Morgan fingerprint density at radius 3 is 2.88 bits per heavy atom. The van der Waals surface area contributed by atoms with E-state index in [1.165, 1.54) is 24.5 Å². The number of carbonyl (C=O) groups is 1. The van der Waals surface area contributed by atoms with E-state index in [0.717, 1.165) is 5.56 Å². The molecule has 0 N–H and O–H groups in total. The number of hydrogen-bond acceptors (Lipinski definition) is 4. The molecule has 0 unspecified atom stereocenters. The second-order valence-electron chi connectivity index (χ2n) is 3.49. The number of ether oxygens (including phenoxy) is 1. The molecule has 1 aromatic carbocycles. The van der Waals surface area contributed by atoms with Crippen LogP contribution in [0.25, 0.3) is 10.6 Å². The molecule has 0 saturated carbocycles. The quantitative estimate of drug-likeness (QED) is 0.770. The Labute approximate surface area is 102 Å². The molecule has 0 saturated heterocycles. The number of halogens is 1. The van der Waals surface area contributed by atoms with Gasteiger partial charge in [-0.3, -0.25) is 0 Å². The van der Waals surface area contributed by atoms with Crippen molar-refractivity contribution >= 4 is 17.3 Å². The third kappa shape index (κ3) is 2.34. The molecular formula is C12H10FNO2S. The summed E-state index contributed by atoms with van der Waals surface area (Å²) in [6.45, 7) is 1.69. The maximum Gasteiger partial charge on any atom is 0.357 e. The first-order valence-electron chi connectivity index (χ1n) is 4.92. The molecule has 1 aromatic heterocycles. The van der Waals surface area contributed by atoms with Crippen molar-refractivity contribution in [1.82, 2.24) is 4.98 Å². The van der Waals surface area contributed by atoms with Gasteiger partial charge in [0.25, 0.3) is 0 Å². The first kappa shape index (κ1) is 11.7. The molecule has 3 nitrogen and oxygen atoms in total. The molecule has 0 atom stereocenters. The Kier molecular flexibility index (Phi) is 3.19. The Hall–Kier alpha value is -1.75. The standard InChI is InChI=1S/C12H10FNO2S/c1-7-5-8(3-4-9(7)13)11-14-10(6-17-11)12(15)16-2/h3-6H,1-2H3. The van der Waals surface area contributed by atoms with Gasteiger partial charge in [-0.15, -0.1) is 11.3 Å². The number of thiazole rings is 1. The topological polar surface area (TPSA) is 39.2 Å². The summed E-state index contributed by atoms with van der Waals surface area (Å²) in [7, 11) is 1.31. The van der Waals surface area contributed by atoms with E-state index in [2.05, 4.69) is 9.72 Å². The summed E-state index contributed by atoms with van der Waals surface area (Å²) in [5, 5.41) is 2.30. The van der Waals surface area contributed by atoms with Crippen molar-refractivity contribution in [3.63, 3.8) is 0 Å². The van der Waals surface area contributed by atoms with E-state index in [9.17, 15) is 9.18 Å². The first-order valence-corrected chi connectivity index (χ1v) is 5.80. The summed E-state index contributed by atoms with van der Waals surface area (Å²) in [6.07, 6.45) is 0. The van der Waals surface area contributed by atoms with Gasteiger partial charge in [-0.1, -0.05) is 0 Å². The van der Waals surface area contributed by atoms with E-state index in [4.69, 9.17) is 0 Å². The lowest BCUT2D eigenvalue weighted by atomic mass is 10.1. The number of carbonyl (C=O) groups excluding carboxylic acids is 1. The maximum absolute atomic E-state index is 13.1. The summed E-state index contributed by atoms with van der Waals surface area (Å²) < 4.78 is 17.7. The van der Waals surface area contributed by atoms with Crippen LogP contribution in [0.2, 0.25) is 0 Å². The third-order valence-electron chi connectivity index (χ3n) is 2.30. The van der Waals surface area contributed by atoms with Gasteiger partial charge in [-0.25, -0.2) is 14.2 Å². The highest BCUT2D eigenvalue weighted by Gasteiger charge is 2.12. The van der Waals surface area contributed by atoms with E-state index in [1.54, 1.807) is 24.4 Å². The molecule has 17 heavy (non-hydrogen) atoms. The average Bonchev–Trinajstić information content (AvgIpc) is 2.81. The monoisotopic (exact) mass is 251 g/mol. The summed E-state index contributed by atoms with van der Waals surface area (Å²) in [6, 6.07) is 4.74. The first-order chi connectivity index (χ1) is 8.11. The van der Waals surface area contributed by atoms with Crippen LogP contribution in [0.3, 0.4) is 0 Å². The Morgan fingerprint density at radius 1 is 1.47 bits per heavy atom. The smallest absolute Gasteiger partial charge is 0.357 e. The van der Waals surface area contributed by atoms with E-state index >= 15 is 0 Å². The van der Waals surface area contributed by atoms with Gasteiger partial charge in [0.1, 0.15) is 10.8 Å². The van der Waals surface area contributed by atoms with Crippen LogP contribution in [0.15, 0.2) is 23.6 Å². The number of esters is 1. The lowest BCUT2D eigenvalue weighted by Gasteiger charge is -1.99. The minimum atomic E-state index is -0.466. The molecule has 0 bridgehead atoms. The molecule has 1 heterocycles. The van der Waals surface area contributed by atoms with Gasteiger partial charge in [0, 0.05) is 10.9 Å². The van der Waals surface area contributed by atoms with Gasteiger partial charge >= 0.3 is 5.97 Å². The van der Waals surface area contributed by atoms with Crippen LogP contribution >= 0.6 is 11.3 Å². The highest BCUT2D eigenvalue weighted by Crippen LogP contribution is 2.25. The lowest BCUT2D eigenvalue weighted by Crippen LogP contribution is -2.00. The Bertz CT molecular complexity index is 565.